The number of rotatable bonds is 55. The second-order valence-electron chi connectivity index (χ2n) is 20.1. The van der Waals surface area contributed by atoms with Gasteiger partial charge < -0.3 is 28.4 Å². The Balaban J connectivity index is 8.26. The number of unbranched alkanes of at least 4 members (excludes halogenated alkanes) is 28. The second-order valence-corrected chi connectivity index (χ2v) is 20.9. The fourth-order valence-corrected chi connectivity index (χ4v) is 9.38. The number of carbonyl (C=O) groups is 2. The lowest BCUT2D eigenvalue weighted by molar-refractivity contribution is -0.445. The summed E-state index contributed by atoms with van der Waals surface area (Å²) in [5, 5.41) is 0. The van der Waals surface area contributed by atoms with Gasteiger partial charge in [0.15, 0.2) is 11.6 Å². The highest BCUT2D eigenvalue weighted by atomic mass is 31.1. The van der Waals surface area contributed by atoms with Crippen molar-refractivity contribution in [2.24, 2.45) is 0 Å². The summed E-state index contributed by atoms with van der Waals surface area (Å²) in [6.07, 6.45) is 31.5. The fourth-order valence-electron chi connectivity index (χ4n) is 8.72. The Hall–Kier alpha value is -1.32. The fraction of sp³-hybridized carbons (Fsp3) is 0.898. The molecule has 0 spiro atoms. The van der Waals surface area contributed by atoms with Crippen LogP contribution < -0.4 is 0 Å². The first kappa shape index (κ1) is 67.7. The average molecular weight is 996 g/mol. The second kappa shape index (κ2) is 46.5. The molecule has 4 atom stereocenters. The number of Topliss-reactive ketones (excluding diaryl/α,β-unsaturated/α-hetero) is 2. The molecule has 0 amide bonds. The summed E-state index contributed by atoms with van der Waals surface area (Å²) in [5.41, 5.74) is -1.61. The van der Waals surface area contributed by atoms with Gasteiger partial charge in [-0.25, -0.2) is 0 Å². The first-order chi connectivity index (χ1) is 33.5. The molecular weight excluding hydrogens is 884 g/mol. The lowest BCUT2D eigenvalue weighted by Crippen LogP contribution is -2.68. The van der Waals surface area contributed by atoms with E-state index in [1.165, 1.54) is 12.8 Å². The van der Waals surface area contributed by atoms with Crippen LogP contribution in [0.3, 0.4) is 0 Å². The summed E-state index contributed by atoms with van der Waals surface area (Å²) in [4.78, 5) is 29.0. The molecule has 10 heteroatoms. The minimum absolute atomic E-state index is 0.148. The molecule has 0 bridgehead atoms. The molecule has 0 rings (SSSR count). The Morgan fingerprint density at radius 3 is 1.03 bits per heavy atom. The maximum atomic E-state index is 14.8. The van der Waals surface area contributed by atoms with Crippen LogP contribution in [0.1, 0.15) is 287 Å². The normalized spacial score (nSPS) is 14.5. The van der Waals surface area contributed by atoms with E-state index in [0.29, 0.717) is 56.5 Å². The highest BCUT2D eigenvalue weighted by Gasteiger charge is 2.67. The summed E-state index contributed by atoms with van der Waals surface area (Å²) in [6, 6.07) is 0. The zero-order valence-electron chi connectivity index (χ0n) is 46.6. The number of hydrogen-bond acceptors (Lipinski definition) is 9. The third kappa shape index (κ3) is 31.1. The molecule has 406 valence electrons. The molecule has 9 nitrogen and oxygen atoms in total. The highest BCUT2D eigenvalue weighted by Crippen LogP contribution is 2.48. The Morgan fingerprint density at radius 1 is 0.406 bits per heavy atom. The van der Waals surface area contributed by atoms with Crippen LogP contribution in [0.15, 0.2) is 24.3 Å². The van der Waals surface area contributed by atoms with Crippen molar-refractivity contribution in [2.45, 2.75) is 316 Å². The van der Waals surface area contributed by atoms with Crippen LogP contribution in [0, 0.1) is 0 Å². The largest absolute Gasteiger partial charge is 0.348 e. The summed E-state index contributed by atoms with van der Waals surface area (Å²) >= 11 is 0. The van der Waals surface area contributed by atoms with Crippen molar-refractivity contribution in [1.29, 1.82) is 0 Å². The Morgan fingerprint density at radius 2 is 0.696 bits per heavy atom. The first-order valence-electron chi connectivity index (χ1n) is 29.1. The molecule has 0 saturated carbocycles. The lowest BCUT2D eigenvalue weighted by Gasteiger charge is -2.49. The number of ketones is 2. The van der Waals surface area contributed by atoms with Crippen molar-refractivity contribution < 1.29 is 42.6 Å². The van der Waals surface area contributed by atoms with E-state index in [2.05, 4.69) is 54.7 Å². The van der Waals surface area contributed by atoms with Gasteiger partial charge >= 0.3 is 5.53 Å². The molecule has 0 aliphatic carbocycles. The van der Waals surface area contributed by atoms with Crippen LogP contribution >= 0.6 is 8.46 Å². The zero-order valence-corrected chi connectivity index (χ0v) is 47.4. The molecule has 0 N–H and O–H groups in total. The van der Waals surface area contributed by atoms with Crippen molar-refractivity contribution in [1.82, 2.24) is 0 Å². The summed E-state index contributed by atoms with van der Waals surface area (Å²) in [7, 11) is -0.631. The van der Waals surface area contributed by atoms with Crippen molar-refractivity contribution >= 4 is 20.0 Å². The van der Waals surface area contributed by atoms with Gasteiger partial charge in [0.1, 0.15) is 12.2 Å². The molecule has 4 unspecified atom stereocenters. The number of hydrogen-bond donors (Lipinski definition) is 0. The van der Waals surface area contributed by atoms with E-state index in [0.717, 1.165) is 186 Å². The summed E-state index contributed by atoms with van der Waals surface area (Å²) in [5.74, 6) is -2.79. The van der Waals surface area contributed by atoms with Gasteiger partial charge in [0, 0.05) is 13.2 Å². The molecule has 0 aromatic carbocycles. The van der Waals surface area contributed by atoms with E-state index in [-0.39, 0.29) is 24.8 Å². The number of carbonyl (C=O) groups excluding carboxylic acids is 2. The predicted octanol–water partition coefficient (Wildman–Crippen LogP) is 18.2. The van der Waals surface area contributed by atoms with Crippen LogP contribution in [0.2, 0.25) is 0 Å². The van der Waals surface area contributed by atoms with E-state index in [4.69, 9.17) is 28.4 Å². The first-order valence-corrected chi connectivity index (χ1v) is 29.9. The Labute approximate surface area is 428 Å². The maximum Gasteiger partial charge on any atom is 0.313 e. The summed E-state index contributed by atoms with van der Waals surface area (Å²) < 4.78 is 57.6. The molecule has 0 fully saturated rings. The van der Waals surface area contributed by atoms with E-state index in [1.54, 1.807) is 13.8 Å². The maximum absolute atomic E-state index is 14.8. The molecule has 0 aromatic heterocycles. The van der Waals surface area contributed by atoms with Gasteiger partial charge in [-0.15, -0.1) is 0 Å². The van der Waals surface area contributed by atoms with Gasteiger partial charge in [-0.3, -0.25) is 14.2 Å². The zero-order chi connectivity index (χ0) is 51.3. The van der Waals surface area contributed by atoms with Gasteiger partial charge in [0.2, 0.25) is 14.8 Å². The van der Waals surface area contributed by atoms with E-state index in [9.17, 15) is 14.2 Å². The average Bonchev–Trinajstić information content (AvgIpc) is 3.34. The molecule has 69 heavy (non-hydrogen) atoms. The van der Waals surface area contributed by atoms with Gasteiger partial charge in [-0.2, -0.15) is 0 Å². The third-order valence-corrected chi connectivity index (χ3v) is 14.0. The minimum Gasteiger partial charge on any atom is -0.348 e. The highest BCUT2D eigenvalue weighted by molar-refractivity contribution is 7.25. The van der Waals surface area contributed by atoms with E-state index in [1.807, 2.05) is 0 Å². The molecule has 0 saturated heterocycles. The SMILES string of the molecule is C=C(C)C(=O)C(CCCCCCC)OC(OCCCCCCCC)(P=O)C(OCCCCCCCC)(OC(CCCCCCC)C(=O)C(=C)C)C(OCCCCCCCC)OCCCCCCCC. The third-order valence-electron chi connectivity index (χ3n) is 13.2. The van der Waals surface area contributed by atoms with Crippen molar-refractivity contribution in [3.8, 4) is 0 Å². The Kier molecular flexibility index (Phi) is 45.6. The van der Waals surface area contributed by atoms with Crippen LogP contribution in [-0.2, 0) is 42.6 Å². The van der Waals surface area contributed by atoms with Crippen molar-refractivity contribution in [3.05, 3.63) is 24.3 Å². The molecule has 0 heterocycles. The molecule has 0 aliphatic heterocycles. The van der Waals surface area contributed by atoms with Gasteiger partial charge in [-0.1, -0.05) is 247 Å². The van der Waals surface area contributed by atoms with E-state index >= 15 is 0 Å². The molecule has 0 aliphatic rings. The van der Waals surface area contributed by atoms with Crippen LogP contribution in [0.4, 0.5) is 0 Å². The monoisotopic (exact) mass is 995 g/mol. The van der Waals surface area contributed by atoms with Gasteiger partial charge in [0.05, 0.1) is 13.2 Å². The predicted molar refractivity (Wildman–Crippen MR) is 290 cm³/mol. The number of ether oxygens (including phenoxy) is 6. The Bertz CT molecular complexity index is 1240. The standard InChI is InChI=1S/C59H111O9P/c1-11-17-23-29-35-41-47-63-57(64-48-42-36-30-24-18-12-2)58(65-49-43-37-31-25-19-13-3,67-53(55(60)51(7)8)45-39-33-27-21-15-5)59(69-62,66-50-44-38-32-26-20-14-4)68-54(56(61)52(9)10)46-40-34-28-22-16-6/h53-54,57H,7,9,11-50H2,1-6,8,10H3. The minimum atomic E-state index is -2.29. The molecular formula is C59H111O9P. The molecule has 0 aromatic rings. The van der Waals surface area contributed by atoms with Crippen LogP contribution in [0.5, 0.6) is 0 Å². The molecule has 0 radical (unpaired) electrons. The summed E-state index contributed by atoms with van der Waals surface area (Å²) in [6.45, 7) is 25.7. The van der Waals surface area contributed by atoms with Gasteiger partial charge in [0.25, 0.3) is 5.79 Å². The van der Waals surface area contributed by atoms with Crippen LogP contribution in [-0.4, -0.2) is 67.8 Å². The topological polar surface area (TPSA) is 107 Å². The lowest BCUT2D eigenvalue weighted by atomic mass is 10.0. The smallest absolute Gasteiger partial charge is 0.313 e. The van der Waals surface area contributed by atoms with Gasteiger partial charge in [-0.05, 0) is 63.5 Å². The van der Waals surface area contributed by atoms with E-state index < -0.39 is 38.3 Å². The van der Waals surface area contributed by atoms with Crippen molar-refractivity contribution in [2.75, 3.05) is 26.4 Å². The van der Waals surface area contributed by atoms with Crippen molar-refractivity contribution in [3.63, 3.8) is 0 Å². The van der Waals surface area contributed by atoms with Crippen LogP contribution in [0.25, 0.3) is 0 Å². The quantitative estimate of drug-likeness (QED) is 0.0255.